The van der Waals surface area contributed by atoms with Crippen LogP contribution >= 0.6 is 0 Å². The molecule has 2 heteroatoms. The van der Waals surface area contributed by atoms with E-state index in [2.05, 4.69) is 0 Å². The fourth-order valence-electron chi connectivity index (χ4n) is 4.66. The molecule has 0 heterocycles. The van der Waals surface area contributed by atoms with Crippen LogP contribution in [0.15, 0.2) is 91.0 Å². The van der Waals surface area contributed by atoms with E-state index in [-0.39, 0.29) is 0 Å². The Morgan fingerprint density at radius 1 is 0.406 bits per heavy atom. The molecule has 0 saturated heterocycles. The monoisotopic (exact) mass is 416 g/mol. The van der Waals surface area contributed by atoms with E-state index >= 15 is 0 Å². The van der Waals surface area contributed by atoms with Crippen molar-refractivity contribution in [1.82, 2.24) is 0 Å². The second kappa shape index (κ2) is 8.84. The molecule has 2 N–H and O–H groups in total. The van der Waals surface area contributed by atoms with Crippen molar-refractivity contribution in [2.45, 2.75) is 11.2 Å². The van der Waals surface area contributed by atoms with Gasteiger partial charge in [0.25, 0.3) is 0 Å². The summed E-state index contributed by atoms with van der Waals surface area (Å²) < 4.78 is 0. The molecule has 10 radical (unpaired) electrons. The van der Waals surface area contributed by atoms with E-state index in [1.165, 1.54) is 0 Å². The van der Waals surface area contributed by atoms with Gasteiger partial charge in [-0.15, -0.1) is 0 Å². The molecule has 2 aliphatic carbocycles. The molecule has 0 aromatic heterocycles. The van der Waals surface area contributed by atoms with Crippen LogP contribution in [-0.2, 0) is 11.2 Å². The van der Waals surface area contributed by atoms with Gasteiger partial charge < -0.3 is 10.2 Å². The smallest absolute Gasteiger partial charge is 0.122 e. The minimum atomic E-state index is -1.43. The van der Waals surface area contributed by atoms with Crippen molar-refractivity contribution < 1.29 is 10.2 Å². The number of aliphatic hydroxyl groups is 2. The van der Waals surface area contributed by atoms with Crippen molar-refractivity contribution in [3.05, 3.63) is 170 Å². The van der Waals surface area contributed by atoms with Gasteiger partial charge in [-0.3, -0.25) is 0 Å². The Labute approximate surface area is 192 Å². The predicted octanol–water partition coefficient (Wildman–Crippen LogP) is 4.99. The van der Waals surface area contributed by atoms with Gasteiger partial charge in [0, 0.05) is 17.8 Å². The third kappa shape index (κ3) is 3.50. The zero-order chi connectivity index (χ0) is 22.0. The van der Waals surface area contributed by atoms with Crippen LogP contribution in [0.2, 0.25) is 0 Å². The summed E-state index contributed by atoms with van der Waals surface area (Å²) in [6.45, 7) is 0. The van der Waals surface area contributed by atoms with Gasteiger partial charge in [0.2, 0.25) is 0 Å². The van der Waals surface area contributed by atoms with Crippen molar-refractivity contribution >= 4 is 0 Å². The molecule has 3 aromatic carbocycles. The van der Waals surface area contributed by atoms with Crippen LogP contribution in [-0.4, -0.2) is 10.2 Å². The molecular weight excluding hydrogens is 392 g/mol. The summed E-state index contributed by atoms with van der Waals surface area (Å²) in [7, 11) is 0. The Balaban J connectivity index is 1.65. The summed E-state index contributed by atoms with van der Waals surface area (Å²) in [6, 6.07) is 28.9. The normalized spacial score (nSPS) is 20.4. The SMILES string of the molecule is OC([C]1[CH][CH][CH][C]1[C@@](O)([C]1[CH][CH][CH][CH]1)c1ccccc1)(c1ccccc1)c1ccccc1. The fourth-order valence-corrected chi connectivity index (χ4v) is 4.66. The molecule has 5 rings (SSSR count). The van der Waals surface area contributed by atoms with Crippen molar-refractivity contribution in [3.63, 3.8) is 0 Å². The van der Waals surface area contributed by atoms with Crippen molar-refractivity contribution in [1.29, 1.82) is 0 Å². The van der Waals surface area contributed by atoms with E-state index in [9.17, 15) is 10.2 Å². The minimum absolute atomic E-state index is 0.655. The number of hydrogen-bond donors (Lipinski definition) is 2. The van der Waals surface area contributed by atoms with E-state index in [0.29, 0.717) is 11.8 Å². The van der Waals surface area contributed by atoms with Crippen LogP contribution in [0.1, 0.15) is 16.7 Å². The first-order chi connectivity index (χ1) is 15.6. The molecule has 1 atom stereocenters. The second-order valence-electron chi connectivity index (χ2n) is 8.05. The molecule has 0 bridgehead atoms. The second-order valence-corrected chi connectivity index (χ2v) is 8.05. The lowest BCUT2D eigenvalue weighted by Gasteiger charge is -2.46. The molecule has 0 spiro atoms. The summed E-state index contributed by atoms with van der Waals surface area (Å²) in [6.07, 6.45) is 13.4. The quantitative estimate of drug-likeness (QED) is 0.594. The van der Waals surface area contributed by atoms with Crippen molar-refractivity contribution in [3.8, 4) is 0 Å². The topological polar surface area (TPSA) is 40.5 Å². The zero-order valence-electron chi connectivity index (χ0n) is 17.6. The predicted molar refractivity (Wildman–Crippen MR) is 126 cm³/mol. The maximum Gasteiger partial charge on any atom is 0.122 e. The van der Waals surface area contributed by atoms with Crippen LogP contribution in [0.25, 0.3) is 0 Å². The molecule has 2 aliphatic rings. The van der Waals surface area contributed by atoms with Crippen LogP contribution in [0.5, 0.6) is 0 Å². The lowest BCUT2D eigenvalue weighted by molar-refractivity contribution is 0.0517. The lowest BCUT2D eigenvalue weighted by atomic mass is 9.62. The Kier molecular flexibility index (Phi) is 5.92. The Morgan fingerprint density at radius 2 is 0.781 bits per heavy atom. The Hall–Kier alpha value is -2.42. The first-order valence-corrected chi connectivity index (χ1v) is 10.8. The van der Waals surface area contributed by atoms with Gasteiger partial charge in [0.15, 0.2) is 0 Å². The summed E-state index contributed by atoms with van der Waals surface area (Å²) in [5.74, 6) is 2.08. The van der Waals surface area contributed by atoms with Gasteiger partial charge in [0.05, 0.1) is 0 Å². The highest BCUT2D eigenvalue weighted by atomic mass is 16.3. The highest BCUT2D eigenvalue weighted by Crippen LogP contribution is 2.59. The molecule has 0 unspecified atom stereocenters. The van der Waals surface area contributed by atoms with Crippen LogP contribution < -0.4 is 0 Å². The third-order valence-corrected chi connectivity index (χ3v) is 6.25. The molecule has 2 nitrogen and oxygen atoms in total. The van der Waals surface area contributed by atoms with E-state index in [4.69, 9.17) is 0 Å². The largest absolute Gasteiger partial charge is 0.384 e. The minimum Gasteiger partial charge on any atom is -0.384 e. The Bertz CT molecular complexity index is 955. The van der Waals surface area contributed by atoms with Gasteiger partial charge in [-0.1, -0.05) is 91.0 Å². The van der Waals surface area contributed by atoms with Gasteiger partial charge >= 0.3 is 0 Å². The summed E-state index contributed by atoms with van der Waals surface area (Å²) in [5.41, 5.74) is -0.604. The van der Waals surface area contributed by atoms with Gasteiger partial charge in [-0.25, -0.2) is 0 Å². The molecule has 156 valence electrons. The maximum absolute atomic E-state index is 12.4. The van der Waals surface area contributed by atoms with Crippen LogP contribution in [0.4, 0.5) is 0 Å². The highest BCUT2D eigenvalue weighted by molar-refractivity contribution is 5.65. The first-order valence-electron chi connectivity index (χ1n) is 10.8. The molecule has 0 amide bonds. The summed E-state index contributed by atoms with van der Waals surface area (Å²) in [5, 5.41) is 24.7. The average molecular weight is 417 g/mol. The molecule has 0 aliphatic heterocycles. The standard InChI is InChI=1S/C30H24O2/c31-29(23-13-4-1-5-14-23,24-15-6-2-7-16-24)27-21-12-22-28(27)30(32,26-19-10-11-20-26)25-17-8-3-9-18-25/h1-22,31-32H/t30-/m0/s1. The van der Waals surface area contributed by atoms with Gasteiger partial charge in [-0.2, -0.15) is 0 Å². The number of hydrogen-bond acceptors (Lipinski definition) is 2. The van der Waals surface area contributed by atoms with Crippen molar-refractivity contribution in [2.75, 3.05) is 0 Å². The van der Waals surface area contributed by atoms with Crippen LogP contribution in [0.3, 0.4) is 0 Å². The van der Waals surface area contributed by atoms with Gasteiger partial charge in [-0.05, 0) is 61.6 Å². The van der Waals surface area contributed by atoms with E-state index < -0.39 is 11.2 Å². The first kappa shape index (κ1) is 21.4. The molecule has 32 heavy (non-hydrogen) atoms. The molecule has 2 fully saturated rings. The van der Waals surface area contributed by atoms with Gasteiger partial charge in [0.1, 0.15) is 11.2 Å². The maximum atomic E-state index is 12.4. The fraction of sp³-hybridized carbons (Fsp3) is 0.0667. The average Bonchev–Trinajstić information content (AvgIpc) is 3.58. The molecular formula is C30H24O2. The number of benzene rings is 3. The van der Waals surface area contributed by atoms with Crippen molar-refractivity contribution in [2.24, 2.45) is 0 Å². The van der Waals surface area contributed by atoms with E-state index in [1.807, 2.05) is 136 Å². The summed E-state index contributed by atoms with van der Waals surface area (Å²) >= 11 is 0. The summed E-state index contributed by atoms with van der Waals surface area (Å²) in [4.78, 5) is 0. The van der Waals surface area contributed by atoms with Crippen LogP contribution in [0, 0.1) is 62.7 Å². The lowest BCUT2D eigenvalue weighted by Crippen LogP contribution is -2.47. The number of rotatable bonds is 6. The molecule has 2 saturated carbocycles. The van der Waals surface area contributed by atoms with E-state index in [1.54, 1.807) is 0 Å². The molecule has 3 aromatic rings. The van der Waals surface area contributed by atoms with E-state index in [0.717, 1.165) is 22.6 Å². The third-order valence-electron chi connectivity index (χ3n) is 6.25. The zero-order valence-corrected chi connectivity index (χ0v) is 17.6. The Morgan fingerprint density at radius 3 is 1.22 bits per heavy atom. The highest BCUT2D eigenvalue weighted by Gasteiger charge is 2.58.